The summed E-state index contributed by atoms with van der Waals surface area (Å²) in [7, 11) is 0. The largest absolute Gasteiger partial charge is 0.353 e. The van der Waals surface area contributed by atoms with Crippen LogP contribution in [0.25, 0.3) is 0 Å². The van der Waals surface area contributed by atoms with Crippen LogP contribution in [0.15, 0.2) is 0 Å². The zero-order valence-electron chi connectivity index (χ0n) is 8.06. The molecular weight excluding hydrogens is 184 g/mol. The quantitative estimate of drug-likeness (QED) is 0.346. The minimum atomic E-state index is -0.0418. The third kappa shape index (κ3) is 4.78. The number of carbonyl (C=O) groups excluding carboxylic acids is 2. The zero-order valence-corrected chi connectivity index (χ0v) is 8.06. The van der Waals surface area contributed by atoms with Gasteiger partial charge in [0.1, 0.15) is 0 Å². The predicted octanol–water partition coefficient (Wildman–Crippen LogP) is -2.59. The first-order valence-electron chi connectivity index (χ1n) is 4.74. The van der Waals surface area contributed by atoms with Crippen molar-refractivity contribution in [2.24, 2.45) is 0 Å². The van der Waals surface area contributed by atoms with Gasteiger partial charge >= 0.3 is 0 Å². The molecule has 14 heavy (non-hydrogen) atoms. The molecule has 0 radical (unpaired) electrons. The number of nitrogens with one attached hydrogen (secondary N) is 4. The number of hydrogen-bond acceptors (Lipinski definition) is 4. The third-order valence-corrected chi connectivity index (χ3v) is 1.82. The van der Waals surface area contributed by atoms with Gasteiger partial charge in [0.05, 0.1) is 13.1 Å². The van der Waals surface area contributed by atoms with Crippen LogP contribution in [-0.4, -0.2) is 51.1 Å². The molecule has 0 aromatic rings. The van der Waals surface area contributed by atoms with Crippen LogP contribution in [-0.2, 0) is 9.59 Å². The highest BCUT2D eigenvalue weighted by atomic mass is 16.2. The maximum atomic E-state index is 11.1. The lowest BCUT2D eigenvalue weighted by Crippen LogP contribution is -2.44. The number of carbonyl (C=O) groups is 2. The molecule has 0 aromatic carbocycles. The molecule has 0 unspecified atom stereocenters. The topological polar surface area (TPSA) is 82.3 Å². The van der Waals surface area contributed by atoms with Crippen molar-refractivity contribution >= 4 is 11.8 Å². The summed E-state index contributed by atoms with van der Waals surface area (Å²) in [6, 6.07) is 0. The van der Waals surface area contributed by atoms with E-state index in [0.29, 0.717) is 39.3 Å². The fourth-order valence-corrected chi connectivity index (χ4v) is 1.11. The molecule has 6 heteroatoms. The molecule has 1 aliphatic heterocycles. The van der Waals surface area contributed by atoms with Crippen molar-refractivity contribution in [2.75, 3.05) is 39.3 Å². The molecule has 1 aliphatic rings. The summed E-state index contributed by atoms with van der Waals surface area (Å²) in [6.07, 6.45) is 0. The van der Waals surface area contributed by atoms with E-state index < -0.39 is 0 Å². The van der Waals surface area contributed by atoms with E-state index in [1.54, 1.807) is 0 Å². The van der Waals surface area contributed by atoms with Crippen LogP contribution in [0.3, 0.4) is 0 Å². The molecule has 0 aliphatic carbocycles. The van der Waals surface area contributed by atoms with Gasteiger partial charge in [-0.15, -0.1) is 0 Å². The van der Waals surface area contributed by atoms with E-state index in [-0.39, 0.29) is 11.8 Å². The summed E-state index contributed by atoms with van der Waals surface area (Å²) >= 11 is 0. The van der Waals surface area contributed by atoms with E-state index in [0.717, 1.165) is 0 Å². The molecule has 0 aromatic heterocycles. The molecule has 0 saturated carbocycles. The van der Waals surface area contributed by atoms with Gasteiger partial charge in [-0.2, -0.15) is 0 Å². The van der Waals surface area contributed by atoms with Crippen LogP contribution in [0.5, 0.6) is 0 Å². The fraction of sp³-hybridized carbons (Fsp3) is 0.750. The minimum Gasteiger partial charge on any atom is -0.353 e. The van der Waals surface area contributed by atoms with Gasteiger partial charge in [0, 0.05) is 26.2 Å². The van der Waals surface area contributed by atoms with E-state index >= 15 is 0 Å². The molecule has 2 amide bonds. The molecule has 1 heterocycles. The second kappa shape index (κ2) is 6.33. The smallest absolute Gasteiger partial charge is 0.234 e. The summed E-state index contributed by atoms with van der Waals surface area (Å²) in [5.74, 6) is -0.0837. The standard InChI is InChI=1S/C8H16N4O2/c13-7-5-9-1-2-10-6-8(14)12-4-3-11-7/h9-10H,1-6H2,(H,11,13)(H,12,14). The lowest BCUT2D eigenvalue weighted by molar-refractivity contribution is -0.122. The van der Waals surface area contributed by atoms with Crippen LogP contribution in [0.1, 0.15) is 0 Å². The molecule has 0 bridgehead atoms. The third-order valence-electron chi connectivity index (χ3n) is 1.82. The molecular formula is C8H16N4O2. The summed E-state index contributed by atoms with van der Waals surface area (Å²) in [6.45, 7) is 2.98. The monoisotopic (exact) mass is 200 g/mol. The first-order chi connectivity index (χ1) is 6.79. The maximum Gasteiger partial charge on any atom is 0.234 e. The van der Waals surface area contributed by atoms with Gasteiger partial charge in [-0.3, -0.25) is 9.59 Å². The summed E-state index contributed by atoms with van der Waals surface area (Å²) in [5, 5.41) is 11.3. The number of rotatable bonds is 0. The van der Waals surface area contributed by atoms with Gasteiger partial charge in [-0.25, -0.2) is 0 Å². The maximum absolute atomic E-state index is 11.1. The van der Waals surface area contributed by atoms with Crippen molar-refractivity contribution in [3.63, 3.8) is 0 Å². The summed E-state index contributed by atoms with van der Waals surface area (Å²) in [4.78, 5) is 22.1. The Bertz CT molecular complexity index is 186. The molecule has 0 spiro atoms. The molecule has 1 fully saturated rings. The summed E-state index contributed by atoms with van der Waals surface area (Å²) < 4.78 is 0. The van der Waals surface area contributed by atoms with Gasteiger partial charge in [0.15, 0.2) is 0 Å². The normalized spacial score (nSPS) is 21.4. The Morgan fingerprint density at radius 1 is 0.714 bits per heavy atom. The van der Waals surface area contributed by atoms with Gasteiger partial charge in [-0.1, -0.05) is 0 Å². The van der Waals surface area contributed by atoms with E-state index in [4.69, 9.17) is 0 Å². The Morgan fingerprint density at radius 3 is 1.57 bits per heavy atom. The van der Waals surface area contributed by atoms with Crippen LogP contribution in [0.2, 0.25) is 0 Å². The Morgan fingerprint density at radius 2 is 1.14 bits per heavy atom. The van der Waals surface area contributed by atoms with Crippen molar-refractivity contribution in [2.45, 2.75) is 0 Å². The predicted molar refractivity (Wildman–Crippen MR) is 51.8 cm³/mol. The average molecular weight is 200 g/mol. The molecule has 6 nitrogen and oxygen atoms in total. The van der Waals surface area contributed by atoms with E-state index in [2.05, 4.69) is 21.3 Å². The van der Waals surface area contributed by atoms with E-state index in [1.165, 1.54) is 0 Å². The first kappa shape index (κ1) is 10.9. The van der Waals surface area contributed by atoms with Crippen LogP contribution in [0.4, 0.5) is 0 Å². The second-order valence-corrected chi connectivity index (χ2v) is 3.05. The van der Waals surface area contributed by atoms with Crippen LogP contribution < -0.4 is 21.3 Å². The van der Waals surface area contributed by atoms with Gasteiger partial charge in [-0.05, 0) is 0 Å². The minimum absolute atomic E-state index is 0.0418. The lowest BCUT2D eigenvalue weighted by Gasteiger charge is -2.11. The van der Waals surface area contributed by atoms with E-state index in [9.17, 15) is 9.59 Å². The highest BCUT2D eigenvalue weighted by molar-refractivity contribution is 5.79. The Balaban J connectivity index is 2.27. The molecule has 1 saturated heterocycles. The molecule has 80 valence electrons. The summed E-state index contributed by atoms with van der Waals surface area (Å²) in [5.41, 5.74) is 0. The molecule has 0 atom stereocenters. The van der Waals surface area contributed by atoms with Crippen molar-refractivity contribution < 1.29 is 9.59 Å². The average Bonchev–Trinajstić information content (AvgIpc) is 2.16. The van der Waals surface area contributed by atoms with Crippen molar-refractivity contribution in [1.82, 2.24) is 21.3 Å². The van der Waals surface area contributed by atoms with Gasteiger partial charge in [0.25, 0.3) is 0 Å². The van der Waals surface area contributed by atoms with Gasteiger partial charge < -0.3 is 21.3 Å². The molecule has 4 N–H and O–H groups in total. The number of hydrogen-bond donors (Lipinski definition) is 4. The fourth-order valence-electron chi connectivity index (χ4n) is 1.11. The van der Waals surface area contributed by atoms with Crippen LogP contribution >= 0.6 is 0 Å². The Kier molecular flexibility index (Phi) is 4.95. The zero-order chi connectivity index (χ0) is 10.2. The SMILES string of the molecule is O=C1CNCCNCC(=O)NCCN1. The van der Waals surface area contributed by atoms with Crippen molar-refractivity contribution in [3.8, 4) is 0 Å². The highest BCUT2D eigenvalue weighted by Crippen LogP contribution is 1.70. The van der Waals surface area contributed by atoms with E-state index in [1.807, 2.05) is 0 Å². The Hall–Kier alpha value is -1.14. The Labute approximate surface area is 82.8 Å². The van der Waals surface area contributed by atoms with Crippen LogP contribution in [0, 0.1) is 0 Å². The highest BCUT2D eigenvalue weighted by Gasteiger charge is 2.03. The molecule has 1 rings (SSSR count). The van der Waals surface area contributed by atoms with Crippen molar-refractivity contribution in [3.05, 3.63) is 0 Å². The number of amides is 2. The van der Waals surface area contributed by atoms with Gasteiger partial charge in [0.2, 0.25) is 11.8 Å². The second-order valence-electron chi connectivity index (χ2n) is 3.05. The first-order valence-corrected chi connectivity index (χ1v) is 4.74. The lowest BCUT2D eigenvalue weighted by atomic mass is 10.4. The van der Waals surface area contributed by atoms with Crippen molar-refractivity contribution in [1.29, 1.82) is 0 Å².